The van der Waals surface area contributed by atoms with Crippen molar-refractivity contribution in [2.45, 2.75) is 20.3 Å². The van der Waals surface area contributed by atoms with Gasteiger partial charge in [-0.2, -0.15) is 0 Å². The normalized spacial score (nSPS) is 10.8. The van der Waals surface area contributed by atoms with Crippen LogP contribution < -0.4 is 10.1 Å². The van der Waals surface area contributed by atoms with Gasteiger partial charge in [-0.1, -0.05) is 44.2 Å². The number of benzene rings is 2. The molecule has 1 amide bonds. The van der Waals surface area contributed by atoms with Crippen LogP contribution in [0.4, 0.5) is 5.13 Å². The van der Waals surface area contributed by atoms with E-state index in [0.29, 0.717) is 22.4 Å². The van der Waals surface area contributed by atoms with Gasteiger partial charge in [0.05, 0.1) is 12.8 Å². The Labute approximate surface area is 157 Å². The van der Waals surface area contributed by atoms with Crippen molar-refractivity contribution >= 4 is 22.4 Å². The van der Waals surface area contributed by atoms with Crippen LogP contribution in [0.25, 0.3) is 11.3 Å². The molecule has 0 atom stereocenters. The fourth-order valence-corrected chi connectivity index (χ4v) is 3.40. The van der Waals surface area contributed by atoms with Crippen LogP contribution in [0.5, 0.6) is 5.75 Å². The van der Waals surface area contributed by atoms with Gasteiger partial charge in [0.1, 0.15) is 5.75 Å². The predicted octanol–water partition coefficient (Wildman–Crippen LogP) is 5.27. The summed E-state index contributed by atoms with van der Waals surface area (Å²) in [5.74, 6) is 1.09. The van der Waals surface area contributed by atoms with Gasteiger partial charge in [-0.05, 0) is 36.1 Å². The van der Waals surface area contributed by atoms with Crippen LogP contribution in [0.3, 0.4) is 0 Å². The van der Waals surface area contributed by atoms with E-state index in [9.17, 15) is 4.79 Å². The molecule has 1 aromatic heterocycles. The highest BCUT2D eigenvalue weighted by Crippen LogP contribution is 2.26. The maximum Gasteiger partial charge on any atom is 0.257 e. The van der Waals surface area contributed by atoms with Gasteiger partial charge in [-0.3, -0.25) is 10.1 Å². The molecule has 3 rings (SSSR count). The van der Waals surface area contributed by atoms with E-state index in [4.69, 9.17) is 4.74 Å². The Morgan fingerprint density at radius 3 is 2.65 bits per heavy atom. The first-order chi connectivity index (χ1) is 12.5. The number of thiazole rings is 1. The minimum absolute atomic E-state index is 0.197. The predicted molar refractivity (Wildman–Crippen MR) is 107 cm³/mol. The van der Waals surface area contributed by atoms with Gasteiger partial charge < -0.3 is 4.74 Å². The highest BCUT2D eigenvalue weighted by Gasteiger charge is 2.11. The zero-order valence-corrected chi connectivity index (χ0v) is 16.0. The number of hydrogen-bond donors (Lipinski definition) is 1. The highest BCUT2D eigenvalue weighted by atomic mass is 32.1. The summed E-state index contributed by atoms with van der Waals surface area (Å²) in [6.07, 6.45) is 1.07. The number of ether oxygens (including phenoxy) is 1. The Morgan fingerprint density at radius 2 is 1.96 bits per heavy atom. The first kappa shape index (κ1) is 18.1. The Kier molecular flexibility index (Phi) is 5.68. The molecule has 0 aliphatic heterocycles. The van der Waals surface area contributed by atoms with Gasteiger partial charge in [-0.15, -0.1) is 11.3 Å². The number of methoxy groups -OCH3 is 1. The molecular weight excluding hydrogens is 344 g/mol. The van der Waals surface area contributed by atoms with Crippen LogP contribution in [0.15, 0.2) is 53.9 Å². The molecule has 0 fully saturated rings. The number of rotatable bonds is 6. The van der Waals surface area contributed by atoms with Crippen molar-refractivity contribution in [3.63, 3.8) is 0 Å². The number of anilines is 1. The van der Waals surface area contributed by atoms with E-state index in [1.807, 2.05) is 5.38 Å². The molecule has 0 saturated carbocycles. The summed E-state index contributed by atoms with van der Waals surface area (Å²) in [6.45, 7) is 4.43. The first-order valence-electron chi connectivity index (χ1n) is 8.55. The SMILES string of the molecule is COc1cccc(C(=O)Nc2nc(-c3ccc(CC(C)C)cc3)cs2)c1. The second-order valence-corrected chi connectivity index (χ2v) is 7.38. The number of nitrogens with one attached hydrogen (secondary N) is 1. The fraction of sp³-hybridized carbons (Fsp3) is 0.238. The third-order valence-electron chi connectivity index (χ3n) is 3.95. The van der Waals surface area contributed by atoms with Crippen LogP contribution in [-0.4, -0.2) is 18.0 Å². The second kappa shape index (κ2) is 8.15. The van der Waals surface area contributed by atoms with Crippen molar-refractivity contribution in [1.29, 1.82) is 0 Å². The van der Waals surface area contributed by atoms with Gasteiger partial charge in [0.15, 0.2) is 5.13 Å². The van der Waals surface area contributed by atoms with Crippen LogP contribution in [0, 0.1) is 5.92 Å². The number of carbonyl (C=O) groups is 1. The molecule has 5 heteroatoms. The van der Waals surface area contributed by atoms with Crippen LogP contribution >= 0.6 is 11.3 Å². The van der Waals surface area contributed by atoms with Crippen molar-refractivity contribution in [1.82, 2.24) is 4.98 Å². The summed E-state index contributed by atoms with van der Waals surface area (Å²) in [7, 11) is 1.58. The number of hydrogen-bond acceptors (Lipinski definition) is 4. The van der Waals surface area contributed by atoms with Gasteiger partial charge in [0, 0.05) is 16.5 Å². The number of amides is 1. The van der Waals surface area contributed by atoms with Crippen molar-refractivity contribution in [3.8, 4) is 17.0 Å². The molecule has 4 nitrogen and oxygen atoms in total. The Morgan fingerprint density at radius 1 is 1.19 bits per heavy atom. The van der Waals surface area contributed by atoms with Crippen molar-refractivity contribution in [2.24, 2.45) is 5.92 Å². The maximum absolute atomic E-state index is 12.4. The molecule has 0 radical (unpaired) electrons. The van der Waals surface area contributed by atoms with E-state index >= 15 is 0 Å². The number of nitrogens with zero attached hydrogens (tertiary/aromatic N) is 1. The van der Waals surface area contributed by atoms with Gasteiger partial charge in [-0.25, -0.2) is 4.98 Å². The summed E-state index contributed by atoms with van der Waals surface area (Å²) in [5, 5.41) is 5.39. The monoisotopic (exact) mass is 366 g/mol. The molecule has 0 bridgehead atoms. The van der Waals surface area contributed by atoms with Crippen molar-refractivity contribution in [2.75, 3.05) is 12.4 Å². The molecule has 1 heterocycles. The summed E-state index contributed by atoms with van der Waals surface area (Å²) in [4.78, 5) is 16.9. The molecule has 0 aliphatic carbocycles. The lowest BCUT2D eigenvalue weighted by Gasteiger charge is -2.05. The Bertz CT molecular complexity index is 885. The molecule has 1 N–H and O–H groups in total. The van der Waals surface area contributed by atoms with E-state index < -0.39 is 0 Å². The fourth-order valence-electron chi connectivity index (χ4n) is 2.68. The minimum Gasteiger partial charge on any atom is -0.497 e. The molecule has 26 heavy (non-hydrogen) atoms. The van der Waals surface area contributed by atoms with Crippen molar-refractivity contribution < 1.29 is 9.53 Å². The van der Waals surface area contributed by atoms with E-state index in [1.165, 1.54) is 16.9 Å². The lowest BCUT2D eigenvalue weighted by molar-refractivity contribution is 0.102. The first-order valence-corrected chi connectivity index (χ1v) is 9.43. The molecule has 0 spiro atoms. The zero-order chi connectivity index (χ0) is 18.5. The smallest absolute Gasteiger partial charge is 0.257 e. The largest absolute Gasteiger partial charge is 0.497 e. The Hall–Kier alpha value is -2.66. The molecule has 2 aromatic carbocycles. The minimum atomic E-state index is -0.197. The topological polar surface area (TPSA) is 51.2 Å². The average molecular weight is 366 g/mol. The third kappa shape index (κ3) is 4.49. The van der Waals surface area contributed by atoms with E-state index in [-0.39, 0.29) is 5.91 Å². The zero-order valence-electron chi connectivity index (χ0n) is 15.2. The quantitative estimate of drug-likeness (QED) is 0.646. The Balaban J connectivity index is 1.70. The highest BCUT2D eigenvalue weighted by molar-refractivity contribution is 7.14. The van der Waals surface area contributed by atoms with Crippen LogP contribution in [0.1, 0.15) is 29.8 Å². The van der Waals surface area contributed by atoms with E-state index in [2.05, 4.69) is 48.4 Å². The van der Waals surface area contributed by atoms with Gasteiger partial charge in [0.25, 0.3) is 5.91 Å². The van der Waals surface area contributed by atoms with Crippen LogP contribution in [0.2, 0.25) is 0 Å². The lowest BCUT2D eigenvalue weighted by atomic mass is 10.0. The summed E-state index contributed by atoms with van der Waals surface area (Å²) < 4.78 is 5.16. The third-order valence-corrected chi connectivity index (χ3v) is 4.71. The molecule has 0 saturated heterocycles. The summed E-state index contributed by atoms with van der Waals surface area (Å²) >= 11 is 1.42. The van der Waals surface area contributed by atoms with Crippen LogP contribution in [-0.2, 0) is 6.42 Å². The standard InChI is InChI=1S/C21H22N2O2S/c1-14(2)11-15-7-9-16(10-8-15)19-13-26-21(22-19)23-20(24)17-5-4-6-18(12-17)25-3/h4-10,12-14H,11H2,1-3H3,(H,22,23,24). The van der Waals surface area contributed by atoms with E-state index in [0.717, 1.165) is 17.7 Å². The molecule has 0 aliphatic rings. The molecule has 3 aromatic rings. The van der Waals surface area contributed by atoms with Crippen molar-refractivity contribution in [3.05, 3.63) is 65.0 Å². The maximum atomic E-state index is 12.4. The van der Waals surface area contributed by atoms with Gasteiger partial charge in [0.2, 0.25) is 0 Å². The second-order valence-electron chi connectivity index (χ2n) is 6.52. The molecular formula is C21H22N2O2S. The molecule has 0 unspecified atom stereocenters. The lowest BCUT2D eigenvalue weighted by Crippen LogP contribution is -2.11. The molecule has 134 valence electrons. The van der Waals surface area contributed by atoms with E-state index in [1.54, 1.807) is 31.4 Å². The summed E-state index contributed by atoms with van der Waals surface area (Å²) in [6, 6.07) is 15.5. The van der Waals surface area contributed by atoms with Gasteiger partial charge >= 0.3 is 0 Å². The number of aromatic nitrogens is 1. The number of carbonyl (C=O) groups excluding carboxylic acids is 1. The average Bonchev–Trinajstić information content (AvgIpc) is 3.10. The summed E-state index contributed by atoms with van der Waals surface area (Å²) in [5.41, 5.74) is 3.78.